The third kappa shape index (κ3) is 5.29. The van der Waals surface area contributed by atoms with Crippen LogP contribution < -0.4 is 0 Å². The van der Waals surface area contributed by atoms with E-state index in [0.717, 1.165) is 16.7 Å². The number of rotatable bonds is 6. The number of hydrogen-bond acceptors (Lipinski definition) is 4. The molecule has 3 aromatic carbocycles. The van der Waals surface area contributed by atoms with E-state index >= 15 is 0 Å². The molecule has 0 amide bonds. The van der Waals surface area contributed by atoms with Gasteiger partial charge < -0.3 is 4.18 Å². The third-order valence-electron chi connectivity index (χ3n) is 4.60. The molecular formula is C24H20ClNO3S. The monoisotopic (exact) mass is 437 g/mol. The normalized spacial score (nSPS) is 12.1. The molecule has 0 atom stereocenters. The van der Waals surface area contributed by atoms with Gasteiger partial charge in [0.15, 0.2) is 0 Å². The molecule has 0 fully saturated rings. The minimum Gasteiger partial charge on any atom is -0.383 e. The average Bonchev–Trinajstić information content (AvgIpc) is 2.73. The molecule has 3 aromatic rings. The van der Waals surface area contributed by atoms with Gasteiger partial charge in [0, 0.05) is 17.0 Å². The topological polar surface area (TPSA) is 67.2 Å². The fourth-order valence-corrected chi connectivity index (χ4v) is 4.10. The van der Waals surface area contributed by atoms with Crippen molar-refractivity contribution in [2.75, 3.05) is 0 Å². The Kier molecular flexibility index (Phi) is 6.61. The average molecular weight is 438 g/mol. The summed E-state index contributed by atoms with van der Waals surface area (Å²) in [5, 5.41) is 9.87. The maximum atomic E-state index is 12.8. The predicted octanol–water partition coefficient (Wildman–Crippen LogP) is 5.90. The van der Waals surface area contributed by atoms with Crippen LogP contribution in [0.2, 0.25) is 5.02 Å². The molecule has 30 heavy (non-hydrogen) atoms. The van der Waals surface area contributed by atoms with Gasteiger partial charge in [0.1, 0.15) is 10.7 Å². The first-order valence-electron chi connectivity index (χ1n) is 9.24. The van der Waals surface area contributed by atoms with Crippen molar-refractivity contribution in [2.45, 2.75) is 25.2 Å². The molecule has 0 aliphatic heterocycles. The van der Waals surface area contributed by atoms with Crippen LogP contribution >= 0.6 is 11.6 Å². The Bertz CT molecular complexity index is 1220. The van der Waals surface area contributed by atoms with E-state index in [1.807, 2.05) is 25.1 Å². The minimum absolute atomic E-state index is 0.0871. The summed E-state index contributed by atoms with van der Waals surface area (Å²) < 4.78 is 31.1. The second kappa shape index (κ2) is 9.17. The van der Waals surface area contributed by atoms with Crippen molar-refractivity contribution < 1.29 is 12.6 Å². The molecule has 0 aromatic heterocycles. The zero-order chi connectivity index (χ0) is 21.7. The number of allylic oxidation sites excluding steroid dienone is 2. The lowest BCUT2D eigenvalue weighted by Gasteiger charge is -2.15. The van der Waals surface area contributed by atoms with Crippen molar-refractivity contribution in [1.82, 2.24) is 0 Å². The van der Waals surface area contributed by atoms with Crippen molar-refractivity contribution in [3.63, 3.8) is 0 Å². The van der Waals surface area contributed by atoms with E-state index in [1.54, 1.807) is 49.4 Å². The van der Waals surface area contributed by atoms with Crippen LogP contribution in [0.15, 0.2) is 83.5 Å². The maximum Gasteiger partial charge on any atom is 0.338 e. The van der Waals surface area contributed by atoms with Crippen molar-refractivity contribution >= 4 is 27.3 Å². The minimum atomic E-state index is -3.99. The molecule has 0 saturated heterocycles. The molecule has 0 saturated carbocycles. The van der Waals surface area contributed by atoms with Crippen LogP contribution in [0.4, 0.5) is 0 Å². The van der Waals surface area contributed by atoms with Crippen LogP contribution in [0.1, 0.15) is 29.2 Å². The Balaban J connectivity index is 2.04. The SMILES string of the molecule is C/C(OS(=O)(=O)c1ccc(C)cc1)=C(/Cc1ccc(Cl)cc1)c1cccc(C#N)c1. The number of aryl methyl sites for hydroxylation is 1. The first kappa shape index (κ1) is 21.6. The van der Waals surface area contributed by atoms with E-state index in [9.17, 15) is 13.7 Å². The van der Waals surface area contributed by atoms with Crippen LogP contribution in [0, 0.1) is 18.3 Å². The van der Waals surface area contributed by atoms with Crippen molar-refractivity contribution in [2.24, 2.45) is 0 Å². The van der Waals surface area contributed by atoms with Gasteiger partial charge in [-0.3, -0.25) is 0 Å². The van der Waals surface area contributed by atoms with Gasteiger partial charge in [-0.2, -0.15) is 13.7 Å². The van der Waals surface area contributed by atoms with Crippen molar-refractivity contribution in [1.29, 1.82) is 5.26 Å². The van der Waals surface area contributed by atoms with Crippen LogP contribution in [-0.4, -0.2) is 8.42 Å². The van der Waals surface area contributed by atoms with Gasteiger partial charge in [-0.1, -0.05) is 53.6 Å². The number of benzene rings is 3. The summed E-state index contributed by atoms with van der Waals surface area (Å²) in [6.45, 7) is 3.50. The first-order valence-corrected chi connectivity index (χ1v) is 11.0. The number of nitriles is 1. The molecule has 0 heterocycles. The fraction of sp³-hybridized carbons (Fsp3) is 0.125. The molecule has 0 spiro atoms. The highest BCUT2D eigenvalue weighted by atomic mass is 35.5. The lowest BCUT2D eigenvalue weighted by molar-refractivity contribution is 0.409. The maximum absolute atomic E-state index is 12.8. The Morgan fingerprint density at radius 2 is 1.70 bits per heavy atom. The molecular weight excluding hydrogens is 418 g/mol. The van der Waals surface area contributed by atoms with Crippen molar-refractivity contribution in [3.8, 4) is 6.07 Å². The summed E-state index contributed by atoms with van der Waals surface area (Å²) in [5.41, 5.74) is 3.77. The molecule has 3 rings (SSSR count). The zero-order valence-electron chi connectivity index (χ0n) is 16.6. The molecule has 6 heteroatoms. The molecule has 0 aliphatic rings. The van der Waals surface area contributed by atoms with Gasteiger partial charge in [0.05, 0.1) is 11.6 Å². The quantitative estimate of drug-likeness (QED) is 0.355. The van der Waals surface area contributed by atoms with Crippen LogP contribution in [-0.2, 0) is 20.7 Å². The second-order valence-electron chi connectivity index (χ2n) is 6.88. The second-order valence-corrected chi connectivity index (χ2v) is 8.86. The molecule has 0 aliphatic carbocycles. The fourth-order valence-electron chi connectivity index (χ4n) is 2.98. The van der Waals surface area contributed by atoms with Gasteiger partial charge in [-0.05, 0) is 61.4 Å². The third-order valence-corrected chi connectivity index (χ3v) is 6.17. The Morgan fingerprint density at radius 1 is 1.03 bits per heavy atom. The summed E-state index contributed by atoms with van der Waals surface area (Å²) in [5.74, 6) is 0.251. The van der Waals surface area contributed by atoms with Gasteiger partial charge >= 0.3 is 10.1 Å². The number of hydrogen-bond donors (Lipinski definition) is 0. The van der Waals surface area contributed by atoms with Gasteiger partial charge in [-0.25, -0.2) is 0 Å². The first-order chi connectivity index (χ1) is 14.3. The predicted molar refractivity (Wildman–Crippen MR) is 118 cm³/mol. The van der Waals surface area contributed by atoms with E-state index in [2.05, 4.69) is 6.07 Å². The van der Waals surface area contributed by atoms with Gasteiger partial charge in [0.25, 0.3) is 0 Å². The summed E-state index contributed by atoms with van der Waals surface area (Å²) in [6.07, 6.45) is 0.418. The lowest BCUT2D eigenvalue weighted by atomic mass is 9.96. The molecule has 0 radical (unpaired) electrons. The zero-order valence-corrected chi connectivity index (χ0v) is 18.2. The largest absolute Gasteiger partial charge is 0.383 e. The molecule has 0 N–H and O–H groups in total. The van der Waals surface area contributed by atoms with E-state index in [4.69, 9.17) is 15.8 Å². The molecule has 0 unspecified atom stereocenters. The Labute approximate surface area is 182 Å². The van der Waals surface area contributed by atoms with Gasteiger partial charge in [0.2, 0.25) is 0 Å². The highest BCUT2D eigenvalue weighted by Gasteiger charge is 2.19. The van der Waals surface area contributed by atoms with Gasteiger partial charge in [-0.15, -0.1) is 0 Å². The van der Waals surface area contributed by atoms with Crippen LogP contribution in [0.25, 0.3) is 5.57 Å². The molecule has 4 nitrogen and oxygen atoms in total. The number of nitrogens with zero attached hydrogens (tertiary/aromatic N) is 1. The van der Waals surface area contributed by atoms with Crippen molar-refractivity contribution in [3.05, 3.63) is 106 Å². The summed E-state index contributed by atoms with van der Waals surface area (Å²) in [7, 11) is -3.99. The van der Waals surface area contributed by atoms with E-state index in [0.29, 0.717) is 22.6 Å². The Hall–Kier alpha value is -3.07. The molecule has 0 bridgehead atoms. The molecule has 152 valence electrons. The van der Waals surface area contributed by atoms with Crippen LogP contribution in [0.3, 0.4) is 0 Å². The summed E-state index contributed by atoms with van der Waals surface area (Å²) >= 11 is 5.98. The van der Waals surface area contributed by atoms with Crippen LogP contribution in [0.5, 0.6) is 0 Å². The van der Waals surface area contributed by atoms with E-state index in [-0.39, 0.29) is 10.7 Å². The summed E-state index contributed by atoms with van der Waals surface area (Å²) in [6, 6.07) is 22.9. The van der Waals surface area contributed by atoms with E-state index in [1.165, 1.54) is 12.1 Å². The highest BCUT2D eigenvalue weighted by molar-refractivity contribution is 7.86. The lowest BCUT2D eigenvalue weighted by Crippen LogP contribution is -2.07. The highest BCUT2D eigenvalue weighted by Crippen LogP contribution is 2.28. The van der Waals surface area contributed by atoms with E-state index < -0.39 is 10.1 Å². The smallest absolute Gasteiger partial charge is 0.338 e. The number of halogens is 1. The standard InChI is InChI=1S/C24H20ClNO3S/c1-17-6-12-23(13-7-17)30(27,28)29-18(2)24(15-19-8-10-22(25)11-9-19)21-5-3-4-20(14-21)16-26/h3-14H,15H2,1-2H3/b24-18+. The summed E-state index contributed by atoms with van der Waals surface area (Å²) in [4.78, 5) is 0.0871. The Morgan fingerprint density at radius 3 is 2.33 bits per heavy atom.